The zero-order chi connectivity index (χ0) is 10.9. The van der Waals surface area contributed by atoms with E-state index in [9.17, 15) is 8.42 Å². The average molecular weight is 246 g/mol. The summed E-state index contributed by atoms with van der Waals surface area (Å²) in [4.78, 5) is 0. The highest BCUT2D eigenvalue weighted by atomic mass is 32.2. The fourth-order valence-electron chi connectivity index (χ4n) is 1.58. The van der Waals surface area contributed by atoms with E-state index in [1.54, 1.807) is 6.92 Å². The van der Waals surface area contributed by atoms with E-state index in [-0.39, 0.29) is 5.25 Å². The molecule has 1 saturated heterocycles. The first kappa shape index (κ1) is 10.9. The highest BCUT2D eigenvalue weighted by Gasteiger charge is 2.31. The van der Waals surface area contributed by atoms with Gasteiger partial charge < -0.3 is 5.32 Å². The minimum Gasteiger partial charge on any atom is -0.314 e. The van der Waals surface area contributed by atoms with E-state index < -0.39 is 10.0 Å². The molecule has 0 radical (unpaired) electrons. The van der Waals surface area contributed by atoms with Crippen LogP contribution in [0.5, 0.6) is 0 Å². The molecule has 0 aromatic carbocycles. The van der Waals surface area contributed by atoms with Crippen LogP contribution in [0.25, 0.3) is 0 Å². The van der Waals surface area contributed by atoms with Crippen LogP contribution in [-0.2, 0) is 10.0 Å². The quantitative estimate of drug-likeness (QED) is 0.800. The number of hydrogen-bond donors (Lipinski definition) is 1. The number of anilines is 1. The molecule has 1 aliphatic heterocycles. The van der Waals surface area contributed by atoms with Crippen molar-refractivity contribution in [1.82, 2.24) is 5.32 Å². The topological polar surface area (TPSA) is 49.4 Å². The summed E-state index contributed by atoms with van der Waals surface area (Å²) in [5.74, 6) is 0. The first-order chi connectivity index (χ1) is 7.12. The predicted octanol–water partition coefficient (Wildman–Crippen LogP) is 0.876. The van der Waals surface area contributed by atoms with E-state index in [0.29, 0.717) is 19.6 Å². The van der Waals surface area contributed by atoms with Crippen LogP contribution in [0.15, 0.2) is 17.5 Å². The molecule has 2 heterocycles. The Balaban J connectivity index is 2.37. The van der Waals surface area contributed by atoms with Crippen LogP contribution in [0.2, 0.25) is 0 Å². The molecule has 1 fully saturated rings. The summed E-state index contributed by atoms with van der Waals surface area (Å²) in [6, 6.07) is 3.72. The Morgan fingerprint density at radius 1 is 1.60 bits per heavy atom. The fourth-order valence-corrected chi connectivity index (χ4v) is 4.11. The van der Waals surface area contributed by atoms with Crippen LogP contribution in [-0.4, -0.2) is 33.3 Å². The molecule has 0 saturated carbocycles. The van der Waals surface area contributed by atoms with Gasteiger partial charge in [0.1, 0.15) is 5.00 Å². The largest absolute Gasteiger partial charge is 0.314 e. The molecule has 1 aromatic rings. The van der Waals surface area contributed by atoms with Crippen molar-refractivity contribution >= 4 is 26.4 Å². The molecule has 0 aliphatic carbocycles. The highest BCUT2D eigenvalue weighted by Crippen LogP contribution is 2.26. The van der Waals surface area contributed by atoms with Crippen molar-refractivity contribution in [2.75, 3.05) is 23.9 Å². The molecule has 1 unspecified atom stereocenters. The predicted molar refractivity (Wildman–Crippen MR) is 62.9 cm³/mol. The Morgan fingerprint density at radius 3 is 3.07 bits per heavy atom. The zero-order valence-corrected chi connectivity index (χ0v) is 10.1. The van der Waals surface area contributed by atoms with Crippen molar-refractivity contribution in [1.29, 1.82) is 0 Å². The fraction of sp³-hybridized carbons (Fsp3) is 0.556. The molecular weight excluding hydrogens is 232 g/mol. The second-order valence-electron chi connectivity index (χ2n) is 3.58. The molecule has 1 aromatic heterocycles. The lowest BCUT2D eigenvalue weighted by molar-refractivity contribution is 0.581. The van der Waals surface area contributed by atoms with Gasteiger partial charge in [0.25, 0.3) is 0 Å². The van der Waals surface area contributed by atoms with Gasteiger partial charge in [0.15, 0.2) is 0 Å². The summed E-state index contributed by atoms with van der Waals surface area (Å²) < 4.78 is 25.8. The van der Waals surface area contributed by atoms with Crippen molar-refractivity contribution in [3.8, 4) is 0 Å². The standard InChI is InChI=1S/C9H14N2O2S2/c1-8-7-10-4-5-11(15(8,12)13)9-3-2-6-14-9/h2-3,6,8,10H,4-5,7H2,1H3. The molecular formula is C9H14N2O2S2. The Morgan fingerprint density at radius 2 is 2.40 bits per heavy atom. The van der Waals surface area contributed by atoms with E-state index in [1.807, 2.05) is 17.5 Å². The van der Waals surface area contributed by atoms with Gasteiger partial charge in [-0.2, -0.15) is 0 Å². The highest BCUT2D eigenvalue weighted by molar-refractivity contribution is 7.93. The maximum Gasteiger partial charge on any atom is 0.239 e. The van der Waals surface area contributed by atoms with Crippen LogP contribution in [0, 0.1) is 0 Å². The van der Waals surface area contributed by atoms with Crippen LogP contribution in [0.3, 0.4) is 0 Å². The average Bonchev–Trinajstić information content (AvgIpc) is 2.65. The van der Waals surface area contributed by atoms with E-state index in [1.165, 1.54) is 15.6 Å². The first-order valence-corrected chi connectivity index (χ1v) is 7.26. The molecule has 1 N–H and O–H groups in total. The number of sulfonamides is 1. The van der Waals surface area contributed by atoms with Gasteiger partial charge in [0.2, 0.25) is 10.0 Å². The normalized spacial score (nSPS) is 26.2. The van der Waals surface area contributed by atoms with E-state index in [2.05, 4.69) is 5.32 Å². The molecule has 6 heteroatoms. The maximum atomic E-state index is 12.1. The number of thiophene rings is 1. The van der Waals surface area contributed by atoms with Crippen molar-refractivity contribution in [2.24, 2.45) is 0 Å². The summed E-state index contributed by atoms with van der Waals surface area (Å²) in [6.07, 6.45) is 0. The lowest BCUT2D eigenvalue weighted by atomic mass is 10.4. The van der Waals surface area contributed by atoms with Crippen molar-refractivity contribution in [3.63, 3.8) is 0 Å². The summed E-state index contributed by atoms with van der Waals surface area (Å²) in [6.45, 7) is 3.51. The van der Waals surface area contributed by atoms with E-state index >= 15 is 0 Å². The van der Waals surface area contributed by atoms with Crippen molar-refractivity contribution in [2.45, 2.75) is 12.2 Å². The van der Waals surface area contributed by atoms with Gasteiger partial charge in [0.05, 0.1) is 5.25 Å². The van der Waals surface area contributed by atoms with Gasteiger partial charge in [-0.05, 0) is 24.4 Å². The van der Waals surface area contributed by atoms with Gasteiger partial charge in [-0.1, -0.05) is 0 Å². The Labute approximate surface area is 94.0 Å². The van der Waals surface area contributed by atoms with Gasteiger partial charge in [-0.15, -0.1) is 11.3 Å². The molecule has 1 aliphatic rings. The summed E-state index contributed by atoms with van der Waals surface area (Å²) in [5, 5.41) is 5.48. The number of nitrogens with one attached hydrogen (secondary N) is 1. The Bertz CT molecular complexity index is 413. The third kappa shape index (κ3) is 2.02. The van der Waals surface area contributed by atoms with E-state index in [0.717, 1.165) is 5.00 Å². The molecule has 0 bridgehead atoms. The molecule has 0 amide bonds. The minimum absolute atomic E-state index is 0.359. The van der Waals surface area contributed by atoms with Crippen LogP contribution in [0.4, 0.5) is 5.00 Å². The number of nitrogens with zero attached hydrogens (tertiary/aromatic N) is 1. The molecule has 1 atom stereocenters. The lowest BCUT2D eigenvalue weighted by Crippen LogP contribution is -2.37. The molecule has 0 spiro atoms. The zero-order valence-electron chi connectivity index (χ0n) is 8.51. The van der Waals surface area contributed by atoms with E-state index in [4.69, 9.17) is 0 Å². The van der Waals surface area contributed by atoms with Gasteiger partial charge in [-0.3, -0.25) is 4.31 Å². The SMILES string of the molecule is CC1CNCCN(c2cccs2)S1(=O)=O. The second-order valence-corrected chi connectivity index (χ2v) is 6.78. The lowest BCUT2D eigenvalue weighted by Gasteiger charge is -2.22. The van der Waals surface area contributed by atoms with Crippen LogP contribution in [0.1, 0.15) is 6.92 Å². The molecule has 15 heavy (non-hydrogen) atoms. The summed E-state index contributed by atoms with van der Waals surface area (Å²) >= 11 is 1.46. The maximum absolute atomic E-state index is 12.1. The number of hydrogen-bond acceptors (Lipinski definition) is 4. The van der Waals surface area contributed by atoms with Crippen LogP contribution >= 0.6 is 11.3 Å². The molecule has 4 nitrogen and oxygen atoms in total. The van der Waals surface area contributed by atoms with Crippen molar-refractivity contribution in [3.05, 3.63) is 17.5 Å². The minimum atomic E-state index is -3.18. The van der Waals surface area contributed by atoms with Gasteiger partial charge in [0, 0.05) is 19.6 Å². The Kier molecular flexibility index (Phi) is 2.99. The Hall–Kier alpha value is -0.590. The molecule has 2 rings (SSSR count). The van der Waals surface area contributed by atoms with Crippen LogP contribution < -0.4 is 9.62 Å². The monoisotopic (exact) mass is 246 g/mol. The number of rotatable bonds is 1. The van der Waals surface area contributed by atoms with Crippen molar-refractivity contribution < 1.29 is 8.42 Å². The third-order valence-corrected chi connectivity index (χ3v) is 5.68. The van der Waals surface area contributed by atoms with Gasteiger partial charge >= 0.3 is 0 Å². The third-order valence-electron chi connectivity index (χ3n) is 2.49. The summed E-state index contributed by atoms with van der Waals surface area (Å²) in [5.41, 5.74) is 0. The van der Waals surface area contributed by atoms with Gasteiger partial charge in [-0.25, -0.2) is 8.42 Å². The second kappa shape index (κ2) is 4.11. The first-order valence-electron chi connectivity index (χ1n) is 4.88. The molecule has 84 valence electrons. The summed E-state index contributed by atoms with van der Waals surface area (Å²) in [7, 11) is -3.18. The smallest absolute Gasteiger partial charge is 0.239 e.